The van der Waals surface area contributed by atoms with Gasteiger partial charge in [-0.05, 0) is 63.4 Å². The minimum Gasteiger partial charge on any atom is -0.309 e. The Morgan fingerprint density at radius 3 is 1.60 bits per heavy atom. The van der Waals surface area contributed by atoms with Crippen LogP contribution in [-0.2, 0) is 0 Å². The van der Waals surface area contributed by atoms with E-state index in [2.05, 4.69) is 157 Å². The Hall–Kier alpha value is -5.25. The Balaban J connectivity index is 1.27. The lowest BCUT2D eigenvalue weighted by Crippen LogP contribution is -2.10. The SMILES string of the molecule is c1ccc(-c2ccc(N(c3ccc(-c4ccccc4)cc3)c3cnc4sc5c6ccccc6ccc5c4c3)cc2)cc1. The zero-order valence-electron chi connectivity index (χ0n) is 22.8. The van der Waals surface area contributed by atoms with Gasteiger partial charge in [-0.1, -0.05) is 121 Å². The van der Waals surface area contributed by atoms with Gasteiger partial charge in [-0.3, -0.25) is 0 Å². The highest BCUT2D eigenvalue weighted by atomic mass is 32.1. The molecular weight excluding hydrogens is 529 g/mol. The summed E-state index contributed by atoms with van der Waals surface area (Å²) in [5, 5.41) is 4.98. The molecular formula is C39H26N2S. The van der Waals surface area contributed by atoms with Crippen molar-refractivity contribution in [3.63, 3.8) is 0 Å². The van der Waals surface area contributed by atoms with Crippen molar-refractivity contribution >= 4 is 59.5 Å². The van der Waals surface area contributed by atoms with Crippen LogP contribution in [0.15, 0.2) is 158 Å². The number of anilines is 3. The van der Waals surface area contributed by atoms with Crippen molar-refractivity contribution in [1.82, 2.24) is 4.98 Å². The van der Waals surface area contributed by atoms with E-state index >= 15 is 0 Å². The third-order valence-electron chi connectivity index (χ3n) is 7.93. The van der Waals surface area contributed by atoms with Gasteiger partial charge < -0.3 is 4.90 Å². The molecule has 2 nitrogen and oxygen atoms in total. The second-order valence-electron chi connectivity index (χ2n) is 10.5. The van der Waals surface area contributed by atoms with Crippen molar-refractivity contribution in [1.29, 1.82) is 0 Å². The number of hydrogen-bond donors (Lipinski definition) is 0. The number of benzene rings is 6. The molecule has 2 aromatic heterocycles. The summed E-state index contributed by atoms with van der Waals surface area (Å²) in [6.07, 6.45) is 2.01. The summed E-state index contributed by atoms with van der Waals surface area (Å²) in [6.45, 7) is 0. The molecule has 8 aromatic rings. The van der Waals surface area contributed by atoms with E-state index in [0.29, 0.717) is 0 Å². The Morgan fingerprint density at radius 2 is 0.976 bits per heavy atom. The van der Waals surface area contributed by atoms with Gasteiger partial charge in [-0.25, -0.2) is 4.98 Å². The molecule has 8 rings (SSSR count). The molecule has 0 fully saturated rings. The first-order chi connectivity index (χ1) is 20.8. The van der Waals surface area contributed by atoms with Crippen LogP contribution in [0.2, 0.25) is 0 Å². The maximum Gasteiger partial charge on any atom is 0.124 e. The first kappa shape index (κ1) is 24.5. The summed E-state index contributed by atoms with van der Waals surface area (Å²) < 4.78 is 1.29. The smallest absolute Gasteiger partial charge is 0.124 e. The molecule has 0 radical (unpaired) electrons. The molecule has 0 amide bonds. The van der Waals surface area contributed by atoms with Gasteiger partial charge in [0.15, 0.2) is 0 Å². The van der Waals surface area contributed by atoms with Crippen molar-refractivity contribution in [2.24, 2.45) is 0 Å². The van der Waals surface area contributed by atoms with Gasteiger partial charge in [0, 0.05) is 26.8 Å². The van der Waals surface area contributed by atoms with Gasteiger partial charge >= 0.3 is 0 Å². The summed E-state index contributed by atoms with van der Waals surface area (Å²) in [5.41, 5.74) is 8.04. The van der Waals surface area contributed by atoms with Crippen LogP contribution in [0.1, 0.15) is 0 Å². The van der Waals surface area contributed by atoms with Gasteiger partial charge in [-0.15, -0.1) is 11.3 Å². The third-order valence-corrected chi connectivity index (χ3v) is 9.09. The number of fused-ring (bicyclic) bond motifs is 5. The summed E-state index contributed by atoms with van der Waals surface area (Å²) in [4.78, 5) is 8.37. The summed E-state index contributed by atoms with van der Waals surface area (Å²) in [7, 11) is 0. The topological polar surface area (TPSA) is 16.1 Å². The molecule has 0 saturated heterocycles. The molecule has 2 heterocycles. The van der Waals surface area contributed by atoms with Gasteiger partial charge in [0.1, 0.15) is 4.83 Å². The van der Waals surface area contributed by atoms with Crippen LogP contribution in [0.4, 0.5) is 17.1 Å². The van der Waals surface area contributed by atoms with Crippen LogP contribution in [0.25, 0.3) is 53.3 Å². The number of nitrogens with zero attached hydrogens (tertiary/aromatic N) is 2. The summed E-state index contributed by atoms with van der Waals surface area (Å²) >= 11 is 1.77. The van der Waals surface area contributed by atoms with Crippen molar-refractivity contribution < 1.29 is 0 Å². The molecule has 198 valence electrons. The number of aromatic nitrogens is 1. The predicted molar refractivity (Wildman–Crippen MR) is 180 cm³/mol. The first-order valence-corrected chi connectivity index (χ1v) is 14.9. The Labute approximate surface area is 248 Å². The van der Waals surface area contributed by atoms with Crippen molar-refractivity contribution in [2.75, 3.05) is 4.90 Å². The average molecular weight is 555 g/mol. The zero-order valence-corrected chi connectivity index (χ0v) is 23.6. The van der Waals surface area contributed by atoms with Crippen molar-refractivity contribution in [3.8, 4) is 22.3 Å². The molecule has 0 spiro atoms. The van der Waals surface area contributed by atoms with Crippen LogP contribution in [0.3, 0.4) is 0 Å². The standard InChI is InChI=1S/C39H26N2S/c1-3-9-27(10-4-1)29-15-20-32(21-16-29)41(33-22-17-30(18-23-33)28-11-5-2-6-12-28)34-25-37-36-24-19-31-13-7-8-14-35(31)38(36)42-39(37)40-26-34/h1-26H. The van der Waals surface area contributed by atoms with E-state index < -0.39 is 0 Å². The first-order valence-electron chi connectivity index (χ1n) is 14.1. The van der Waals surface area contributed by atoms with E-state index in [1.807, 2.05) is 6.20 Å². The fourth-order valence-corrected chi connectivity index (χ4v) is 6.98. The van der Waals surface area contributed by atoms with E-state index in [0.717, 1.165) is 21.9 Å². The van der Waals surface area contributed by atoms with Gasteiger partial charge in [0.25, 0.3) is 0 Å². The third kappa shape index (κ3) is 4.32. The largest absolute Gasteiger partial charge is 0.309 e. The van der Waals surface area contributed by atoms with Gasteiger partial charge in [0.2, 0.25) is 0 Å². The van der Waals surface area contributed by atoms with Gasteiger partial charge in [-0.2, -0.15) is 0 Å². The molecule has 0 aliphatic rings. The fourth-order valence-electron chi connectivity index (χ4n) is 5.81. The lowest BCUT2D eigenvalue weighted by Gasteiger charge is -2.25. The number of pyridine rings is 1. The van der Waals surface area contributed by atoms with E-state index in [1.54, 1.807) is 11.3 Å². The highest BCUT2D eigenvalue weighted by molar-refractivity contribution is 7.26. The molecule has 0 aliphatic heterocycles. The molecule has 0 N–H and O–H groups in total. The molecule has 42 heavy (non-hydrogen) atoms. The van der Waals surface area contributed by atoms with Crippen LogP contribution < -0.4 is 4.90 Å². The van der Waals surface area contributed by atoms with E-state index in [9.17, 15) is 0 Å². The summed E-state index contributed by atoms with van der Waals surface area (Å²) in [5.74, 6) is 0. The molecule has 0 aliphatic carbocycles. The molecule has 3 heteroatoms. The highest BCUT2D eigenvalue weighted by Gasteiger charge is 2.17. The Bertz CT molecular complexity index is 2080. The zero-order chi connectivity index (χ0) is 27.9. The van der Waals surface area contributed by atoms with E-state index in [4.69, 9.17) is 4.98 Å². The lowest BCUT2D eigenvalue weighted by atomic mass is 10.0. The predicted octanol–water partition coefficient (Wildman–Crippen LogP) is 11.4. The molecule has 0 bridgehead atoms. The van der Waals surface area contributed by atoms with Crippen LogP contribution in [0.5, 0.6) is 0 Å². The van der Waals surface area contributed by atoms with Crippen molar-refractivity contribution in [3.05, 3.63) is 158 Å². The Kier molecular flexibility index (Phi) is 6.02. The van der Waals surface area contributed by atoms with Crippen LogP contribution in [-0.4, -0.2) is 4.98 Å². The monoisotopic (exact) mass is 554 g/mol. The molecule has 6 aromatic carbocycles. The second-order valence-corrected chi connectivity index (χ2v) is 11.5. The number of hydrogen-bond acceptors (Lipinski definition) is 3. The van der Waals surface area contributed by atoms with Crippen LogP contribution >= 0.6 is 11.3 Å². The number of rotatable bonds is 5. The van der Waals surface area contributed by atoms with Gasteiger partial charge in [0.05, 0.1) is 11.9 Å². The summed E-state index contributed by atoms with van der Waals surface area (Å²) in [6, 6.07) is 54.0. The van der Waals surface area contributed by atoms with Crippen LogP contribution in [0, 0.1) is 0 Å². The minimum atomic E-state index is 1.04. The number of thiophene rings is 1. The molecule has 0 unspecified atom stereocenters. The Morgan fingerprint density at radius 1 is 0.429 bits per heavy atom. The normalized spacial score (nSPS) is 11.3. The lowest BCUT2D eigenvalue weighted by molar-refractivity contribution is 1.26. The molecule has 0 saturated carbocycles. The molecule has 0 atom stereocenters. The highest BCUT2D eigenvalue weighted by Crippen LogP contribution is 2.42. The maximum absolute atomic E-state index is 5.00. The quantitative estimate of drug-likeness (QED) is 0.210. The fraction of sp³-hybridized carbons (Fsp3) is 0. The minimum absolute atomic E-state index is 1.04. The second kappa shape index (κ2) is 10.3. The average Bonchev–Trinajstić information content (AvgIpc) is 3.45. The maximum atomic E-state index is 5.00. The van der Waals surface area contributed by atoms with E-state index in [1.165, 1.54) is 48.5 Å². The van der Waals surface area contributed by atoms with Crippen molar-refractivity contribution in [2.45, 2.75) is 0 Å². The van der Waals surface area contributed by atoms with E-state index in [-0.39, 0.29) is 0 Å².